The second-order valence-electron chi connectivity index (χ2n) is 6.75. The molecule has 4 aromatic rings. The van der Waals surface area contributed by atoms with E-state index in [1.807, 2.05) is 48.5 Å². The van der Waals surface area contributed by atoms with Gasteiger partial charge in [-0.25, -0.2) is 4.98 Å². The number of thiazole rings is 1. The molecule has 0 unspecified atom stereocenters. The van der Waals surface area contributed by atoms with Crippen LogP contribution >= 0.6 is 22.9 Å². The minimum Gasteiger partial charge on any atom is -0.454 e. The first-order valence-corrected chi connectivity index (χ1v) is 10.5. The van der Waals surface area contributed by atoms with E-state index in [0.29, 0.717) is 33.7 Å². The molecule has 2 aromatic carbocycles. The first-order chi connectivity index (χ1) is 14.7. The number of halogens is 1. The van der Waals surface area contributed by atoms with E-state index < -0.39 is 0 Å². The number of aromatic nitrogens is 2. The number of pyridine rings is 1. The van der Waals surface area contributed by atoms with Gasteiger partial charge in [0.25, 0.3) is 0 Å². The summed E-state index contributed by atoms with van der Waals surface area (Å²) in [5, 5.41) is 1.16. The van der Waals surface area contributed by atoms with Crippen LogP contribution in [-0.2, 0) is 17.8 Å². The van der Waals surface area contributed by atoms with E-state index in [1.54, 1.807) is 17.2 Å². The molecule has 2 aromatic heterocycles. The van der Waals surface area contributed by atoms with Crippen molar-refractivity contribution < 1.29 is 14.3 Å². The molecule has 0 aliphatic carbocycles. The molecule has 5 rings (SSSR count). The van der Waals surface area contributed by atoms with Gasteiger partial charge in [-0.1, -0.05) is 41.1 Å². The third-order valence-corrected chi connectivity index (χ3v) is 6.08. The van der Waals surface area contributed by atoms with Crippen LogP contribution in [0.5, 0.6) is 11.5 Å². The number of hydrogen-bond donors (Lipinski definition) is 0. The summed E-state index contributed by atoms with van der Waals surface area (Å²) < 4.78 is 11.7. The van der Waals surface area contributed by atoms with Gasteiger partial charge in [-0.2, -0.15) is 0 Å². The van der Waals surface area contributed by atoms with Crippen LogP contribution in [0.1, 0.15) is 11.3 Å². The van der Waals surface area contributed by atoms with Gasteiger partial charge < -0.3 is 9.47 Å². The Morgan fingerprint density at radius 1 is 1.10 bits per heavy atom. The fraction of sp³-hybridized carbons (Fsp3) is 0.136. The minimum absolute atomic E-state index is 0.0882. The smallest absolute Gasteiger partial charge is 0.233 e. The maximum atomic E-state index is 13.3. The number of amides is 1. The highest BCUT2D eigenvalue weighted by molar-refractivity contribution is 7.22. The lowest BCUT2D eigenvalue weighted by Gasteiger charge is -2.19. The van der Waals surface area contributed by atoms with Gasteiger partial charge in [-0.3, -0.25) is 14.7 Å². The number of para-hydroxylation sites is 1. The highest BCUT2D eigenvalue weighted by Crippen LogP contribution is 2.35. The third kappa shape index (κ3) is 3.69. The quantitative estimate of drug-likeness (QED) is 0.446. The van der Waals surface area contributed by atoms with E-state index in [4.69, 9.17) is 21.1 Å². The SMILES string of the molecule is O=C(Cc1ccc2c(c1)OCO2)N(Cc1ccccn1)c1nc2c(Cl)cccc2s1. The summed E-state index contributed by atoms with van der Waals surface area (Å²) in [6.45, 7) is 0.521. The van der Waals surface area contributed by atoms with E-state index in [1.165, 1.54) is 11.3 Å². The summed E-state index contributed by atoms with van der Waals surface area (Å²) in [6, 6.07) is 16.8. The van der Waals surface area contributed by atoms with Crippen molar-refractivity contribution in [3.8, 4) is 11.5 Å². The molecule has 0 atom stereocenters. The van der Waals surface area contributed by atoms with Crippen LogP contribution in [0.25, 0.3) is 10.2 Å². The van der Waals surface area contributed by atoms with Crippen molar-refractivity contribution in [2.24, 2.45) is 0 Å². The summed E-state index contributed by atoms with van der Waals surface area (Å²) >= 11 is 7.74. The monoisotopic (exact) mass is 437 g/mol. The maximum Gasteiger partial charge on any atom is 0.233 e. The normalized spacial score (nSPS) is 12.3. The largest absolute Gasteiger partial charge is 0.454 e. The number of ether oxygens (including phenoxy) is 2. The van der Waals surface area contributed by atoms with Crippen LogP contribution in [0.2, 0.25) is 5.02 Å². The summed E-state index contributed by atoms with van der Waals surface area (Å²) in [5.41, 5.74) is 2.32. The van der Waals surface area contributed by atoms with Gasteiger partial charge in [0, 0.05) is 6.20 Å². The molecule has 1 aliphatic heterocycles. The zero-order valence-corrected chi connectivity index (χ0v) is 17.3. The lowest BCUT2D eigenvalue weighted by atomic mass is 10.1. The predicted octanol–water partition coefficient (Wildman–Crippen LogP) is 4.85. The highest BCUT2D eigenvalue weighted by atomic mass is 35.5. The Morgan fingerprint density at radius 2 is 2.00 bits per heavy atom. The van der Waals surface area contributed by atoms with Gasteiger partial charge >= 0.3 is 0 Å². The second-order valence-corrected chi connectivity index (χ2v) is 8.16. The molecule has 30 heavy (non-hydrogen) atoms. The molecule has 150 valence electrons. The average molecular weight is 438 g/mol. The van der Waals surface area contributed by atoms with E-state index in [2.05, 4.69) is 9.97 Å². The number of nitrogens with zero attached hydrogens (tertiary/aromatic N) is 3. The topological polar surface area (TPSA) is 64.6 Å². The minimum atomic E-state index is -0.0882. The Balaban J connectivity index is 1.48. The number of benzene rings is 2. The Morgan fingerprint density at radius 3 is 2.83 bits per heavy atom. The van der Waals surface area contributed by atoms with Gasteiger partial charge in [0.05, 0.1) is 28.4 Å². The third-order valence-electron chi connectivity index (χ3n) is 4.73. The average Bonchev–Trinajstić information content (AvgIpc) is 3.40. The molecular formula is C22H16ClN3O3S. The molecule has 8 heteroatoms. The van der Waals surface area contributed by atoms with Gasteiger partial charge in [0.2, 0.25) is 12.7 Å². The molecule has 0 saturated heterocycles. The van der Waals surface area contributed by atoms with Gasteiger partial charge in [0.1, 0.15) is 5.52 Å². The number of rotatable bonds is 5. The zero-order valence-electron chi connectivity index (χ0n) is 15.7. The fourth-order valence-electron chi connectivity index (χ4n) is 3.26. The van der Waals surface area contributed by atoms with Crippen molar-refractivity contribution >= 4 is 44.2 Å². The van der Waals surface area contributed by atoms with Crippen molar-refractivity contribution in [1.82, 2.24) is 9.97 Å². The van der Waals surface area contributed by atoms with Gasteiger partial charge in [-0.15, -0.1) is 0 Å². The molecule has 6 nitrogen and oxygen atoms in total. The fourth-order valence-corrected chi connectivity index (χ4v) is 4.54. The molecule has 0 fully saturated rings. The van der Waals surface area contributed by atoms with Gasteiger partial charge in [0.15, 0.2) is 16.6 Å². The number of hydrogen-bond acceptors (Lipinski definition) is 6. The lowest BCUT2D eigenvalue weighted by molar-refractivity contribution is -0.118. The number of anilines is 1. The molecule has 0 saturated carbocycles. The van der Waals surface area contributed by atoms with E-state index in [-0.39, 0.29) is 19.1 Å². The molecule has 1 aliphatic rings. The Labute approximate surface area is 181 Å². The van der Waals surface area contributed by atoms with Crippen LogP contribution in [0, 0.1) is 0 Å². The molecule has 0 bridgehead atoms. The van der Waals surface area contributed by atoms with Crippen molar-refractivity contribution in [3.05, 3.63) is 77.1 Å². The zero-order chi connectivity index (χ0) is 20.5. The lowest BCUT2D eigenvalue weighted by Crippen LogP contribution is -2.32. The first kappa shape index (κ1) is 18.8. The van der Waals surface area contributed by atoms with Crippen molar-refractivity contribution in [2.45, 2.75) is 13.0 Å². The van der Waals surface area contributed by atoms with Crippen LogP contribution in [0.4, 0.5) is 5.13 Å². The molecule has 1 amide bonds. The predicted molar refractivity (Wildman–Crippen MR) is 116 cm³/mol. The standard InChI is InChI=1S/C22H16ClN3O3S/c23-16-5-3-6-19-21(16)25-22(30-19)26(12-15-4-1-2-9-24-15)20(27)11-14-7-8-17-18(10-14)29-13-28-17/h1-10H,11-13H2. The van der Waals surface area contributed by atoms with E-state index in [9.17, 15) is 4.79 Å². The Hall–Kier alpha value is -3.16. The first-order valence-electron chi connectivity index (χ1n) is 9.31. The molecule has 3 heterocycles. The second kappa shape index (κ2) is 7.93. The molecule has 0 radical (unpaired) electrons. The Kier molecular flexibility index (Phi) is 4.98. The molecule has 0 N–H and O–H groups in total. The van der Waals surface area contributed by atoms with Crippen LogP contribution in [-0.4, -0.2) is 22.7 Å². The summed E-state index contributed by atoms with van der Waals surface area (Å²) in [6.07, 6.45) is 1.91. The Bertz CT molecular complexity index is 1230. The molecular weight excluding hydrogens is 422 g/mol. The van der Waals surface area contributed by atoms with Crippen molar-refractivity contribution in [1.29, 1.82) is 0 Å². The van der Waals surface area contributed by atoms with E-state index >= 15 is 0 Å². The highest BCUT2D eigenvalue weighted by Gasteiger charge is 2.23. The summed E-state index contributed by atoms with van der Waals surface area (Å²) in [7, 11) is 0. The number of carbonyl (C=O) groups excluding carboxylic acids is 1. The van der Waals surface area contributed by atoms with E-state index in [0.717, 1.165) is 16.0 Å². The van der Waals surface area contributed by atoms with Gasteiger partial charge in [-0.05, 0) is 42.0 Å². The van der Waals surface area contributed by atoms with Crippen LogP contribution in [0.3, 0.4) is 0 Å². The summed E-state index contributed by atoms with van der Waals surface area (Å²) in [4.78, 5) is 24.0. The van der Waals surface area contributed by atoms with Crippen molar-refractivity contribution in [2.75, 3.05) is 11.7 Å². The number of fused-ring (bicyclic) bond motifs is 2. The maximum absolute atomic E-state index is 13.3. The van der Waals surface area contributed by atoms with Crippen LogP contribution < -0.4 is 14.4 Å². The van der Waals surface area contributed by atoms with Crippen LogP contribution in [0.15, 0.2) is 60.8 Å². The summed E-state index contributed by atoms with van der Waals surface area (Å²) in [5.74, 6) is 1.26. The molecule has 0 spiro atoms. The number of carbonyl (C=O) groups is 1. The van der Waals surface area contributed by atoms with Crippen molar-refractivity contribution in [3.63, 3.8) is 0 Å².